The third kappa shape index (κ3) is 2.68. The average Bonchev–Trinajstić information content (AvgIpc) is 1.89. The van der Waals surface area contributed by atoms with E-state index in [9.17, 15) is 4.79 Å². The fourth-order valence-corrected chi connectivity index (χ4v) is 1.95. The number of aliphatic hydroxyl groups excluding tert-OH is 1. The summed E-state index contributed by atoms with van der Waals surface area (Å²) in [5.41, 5.74) is 0. The van der Waals surface area contributed by atoms with E-state index in [0.29, 0.717) is 0 Å². The number of hydrogen-bond acceptors (Lipinski definition) is 2. The molecular formula is C7H15INO2+. The van der Waals surface area contributed by atoms with Gasteiger partial charge in [-0.15, -0.1) is 0 Å². The monoisotopic (exact) mass is 272 g/mol. The Morgan fingerprint density at radius 1 is 1.64 bits per heavy atom. The summed E-state index contributed by atoms with van der Waals surface area (Å²) >= 11 is 2.18. The Labute approximate surface area is 81.1 Å². The van der Waals surface area contributed by atoms with E-state index in [4.69, 9.17) is 5.11 Å². The second kappa shape index (κ2) is 4.37. The first-order valence-corrected chi connectivity index (χ1v) is 5.01. The Bertz CT molecular complexity index is 143. The Morgan fingerprint density at radius 2 is 2.09 bits per heavy atom. The molecular weight excluding hydrogens is 257 g/mol. The highest BCUT2D eigenvalue weighted by molar-refractivity contribution is 14.1. The summed E-state index contributed by atoms with van der Waals surface area (Å²) in [5.74, 6) is 0.0840. The molecule has 0 aliphatic rings. The van der Waals surface area contributed by atoms with Crippen molar-refractivity contribution >= 4 is 28.5 Å². The first kappa shape index (κ1) is 11.3. The Kier molecular flexibility index (Phi) is 4.50. The number of rotatable bonds is 3. The zero-order chi connectivity index (χ0) is 9.07. The molecule has 1 N–H and O–H groups in total. The summed E-state index contributed by atoms with van der Waals surface area (Å²) in [6, 6.07) is 0.0214. The summed E-state index contributed by atoms with van der Waals surface area (Å²) in [5, 5.41) is 8.94. The lowest BCUT2D eigenvalue weighted by molar-refractivity contribution is -0.837. The molecule has 11 heavy (non-hydrogen) atoms. The second-order valence-corrected chi connectivity index (χ2v) is 3.93. The minimum Gasteiger partial charge on any atom is -0.390 e. The lowest BCUT2D eigenvalue weighted by Gasteiger charge is -2.32. The van der Waals surface area contributed by atoms with Crippen LogP contribution in [0.5, 0.6) is 0 Å². The Hall–Kier alpha value is 0.320. The SMILES string of the molecule is CC(=O)[N+](C)(C)C(CO)CI. The largest absolute Gasteiger partial charge is 0.390 e. The van der Waals surface area contributed by atoms with Gasteiger partial charge in [-0.1, -0.05) is 22.6 Å². The standard InChI is InChI=1S/C7H15INO2/c1-6(11)9(2,3)7(4-8)5-10/h7,10H,4-5H2,1-3H3/q+1. The van der Waals surface area contributed by atoms with Crippen LogP contribution in [0.15, 0.2) is 0 Å². The zero-order valence-electron chi connectivity index (χ0n) is 7.17. The normalized spacial score (nSPS) is 14.6. The number of carbonyl (C=O) groups is 1. The van der Waals surface area contributed by atoms with Crippen molar-refractivity contribution in [2.75, 3.05) is 25.1 Å². The van der Waals surface area contributed by atoms with Crippen LogP contribution < -0.4 is 0 Å². The maximum atomic E-state index is 11.1. The van der Waals surface area contributed by atoms with E-state index in [-0.39, 0.29) is 23.0 Å². The molecule has 1 atom stereocenters. The van der Waals surface area contributed by atoms with Crippen LogP contribution in [-0.4, -0.2) is 46.7 Å². The van der Waals surface area contributed by atoms with Crippen LogP contribution in [0.25, 0.3) is 0 Å². The fourth-order valence-electron chi connectivity index (χ4n) is 0.683. The molecule has 0 rings (SSSR count). The molecule has 0 bridgehead atoms. The third-order valence-electron chi connectivity index (χ3n) is 2.11. The number of amides is 1. The molecule has 0 saturated carbocycles. The molecule has 0 aliphatic carbocycles. The van der Waals surface area contributed by atoms with Gasteiger partial charge in [0.05, 0.1) is 32.1 Å². The van der Waals surface area contributed by atoms with Crippen molar-refractivity contribution in [1.29, 1.82) is 0 Å². The van der Waals surface area contributed by atoms with Gasteiger partial charge in [0.2, 0.25) is 0 Å². The van der Waals surface area contributed by atoms with Crippen molar-refractivity contribution in [3.05, 3.63) is 0 Å². The van der Waals surface area contributed by atoms with Gasteiger partial charge in [0, 0.05) is 0 Å². The highest BCUT2D eigenvalue weighted by Crippen LogP contribution is 2.09. The van der Waals surface area contributed by atoms with Gasteiger partial charge >= 0.3 is 5.91 Å². The average molecular weight is 272 g/mol. The van der Waals surface area contributed by atoms with Gasteiger partial charge in [0.1, 0.15) is 6.04 Å². The molecule has 0 aromatic rings. The lowest BCUT2D eigenvalue weighted by Crippen LogP contribution is -2.54. The van der Waals surface area contributed by atoms with Crippen molar-refractivity contribution < 1.29 is 14.4 Å². The van der Waals surface area contributed by atoms with Crippen LogP contribution in [-0.2, 0) is 4.79 Å². The molecule has 1 unspecified atom stereocenters. The van der Waals surface area contributed by atoms with E-state index >= 15 is 0 Å². The minimum absolute atomic E-state index is 0.0214. The molecule has 0 aliphatic heterocycles. The maximum Gasteiger partial charge on any atom is 0.310 e. The number of hydrogen-bond donors (Lipinski definition) is 1. The molecule has 0 fully saturated rings. The van der Waals surface area contributed by atoms with Gasteiger partial charge in [0.25, 0.3) is 0 Å². The summed E-state index contributed by atoms with van der Waals surface area (Å²) in [7, 11) is 3.64. The van der Waals surface area contributed by atoms with Crippen LogP contribution in [0.1, 0.15) is 6.92 Å². The molecule has 1 amide bonds. The number of aliphatic hydroxyl groups is 1. The minimum atomic E-state index is 0.0214. The van der Waals surface area contributed by atoms with Crippen molar-refractivity contribution in [2.45, 2.75) is 13.0 Å². The quantitative estimate of drug-likeness (QED) is 0.459. The number of nitrogens with zero attached hydrogens (tertiary/aromatic N) is 1. The van der Waals surface area contributed by atoms with E-state index in [1.807, 2.05) is 14.1 Å². The van der Waals surface area contributed by atoms with E-state index in [1.165, 1.54) is 0 Å². The molecule has 0 heterocycles. The summed E-state index contributed by atoms with van der Waals surface area (Å²) < 4.78 is 1.06. The molecule has 0 radical (unpaired) electrons. The lowest BCUT2D eigenvalue weighted by atomic mass is 10.2. The topological polar surface area (TPSA) is 37.3 Å². The predicted octanol–water partition coefficient (Wildman–Crippen LogP) is 0.405. The van der Waals surface area contributed by atoms with Crippen molar-refractivity contribution in [3.63, 3.8) is 0 Å². The number of likely N-dealkylation sites (N-methyl/N-ethyl adjacent to an activating group) is 1. The van der Waals surface area contributed by atoms with E-state index in [0.717, 1.165) is 4.43 Å². The highest BCUT2D eigenvalue weighted by atomic mass is 127. The predicted molar refractivity (Wildman–Crippen MR) is 52.6 cm³/mol. The van der Waals surface area contributed by atoms with Crippen LogP contribution in [0.4, 0.5) is 0 Å². The molecule has 4 heteroatoms. The summed E-state index contributed by atoms with van der Waals surface area (Å²) in [6.45, 7) is 1.62. The molecule has 0 aromatic heterocycles. The smallest absolute Gasteiger partial charge is 0.310 e. The summed E-state index contributed by atoms with van der Waals surface area (Å²) in [4.78, 5) is 11.1. The molecule has 66 valence electrons. The van der Waals surface area contributed by atoms with E-state index in [2.05, 4.69) is 22.6 Å². The maximum absolute atomic E-state index is 11.1. The van der Waals surface area contributed by atoms with E-state index in [1.54, 1.807) is 6.92 Å². The molecule has 0 saturated heterocycles. The number of quaternary nitrogens is 1. The van der Waals surface area contributed by atoms with Gasteiger partial charge in [-0.05, 0) is 0 Å². The van der Waals surface area contributed by atoms with Crippen molar-refractivity contribution in [3.8, 4) is 0 Å². The van der Waals surface area contributed by atoms with Crippen molar-refractivity contribution in [2.24, 2.45) is 0 Å². The van der Waals surface area contributed by atoms with Gasteiger partial charge in [-0.3, -0.25) is 4.48 Å². The molecule has 3 nitrogen and oxygen atoms in total. The van der Waals surface area contributed by atoms with Gasteiger partial charge in [-0.2, -0.15) is 0 Å². The van der Waals surface area contributed by atoms with Gasteiger partial charge in [-0.25, -0.2) is 4.79 Å². The number of carbonyl (C=O) groups excluding carboxylic acids is 1. The van der Waals surface area contributed by atoms with Crippen LogP contribution >= 0.6 is 22.6 Å². The Balaban J connectivity index is 4.36. The number of alkyl halides is 1. The van der Waals surface area contributed by atoms with Crippen molar-refractivity contribution in [1.82, 2.24) is 0 Å². The van der Waals surface area contributed by atoms with Crippen LogP contribution in [0.2, 0.25) is 0 Å². The Morgan fingerprint density at radius 3 is 2.18 bits per heavy atom. The second-order valence-electron chi connectivity index (χ2n) is 3.05. The summed E-state index contributed by atoms with van der Waals surface area (Å²) in [6.07, 6.45) is 0. The van der Waals surface area contributed by atoms with Crippen LogP contribution in [0, 0.1) is 0 Å². The molecule has 0 aromatic carbocycles. The first-order valence-electron chi connectivity index (χ1n) is 3.48. The van der Waals surface area contributed by atoms with Crippen LogP contribution in [0.3, 0.4) is 0 Å². The first-order chi connectivity index (χ1) is 4.96. The van der Waals surface area contributed by atoms with Gasteiger partial charge < -0.3 is 5.11 Å². The van der Waals surface area contributed by atoms with E-state index < -0.39 is 0 Å². The molecule has 0 spiro atoms. The zero-order valence-corrected chi connectivity index (χ0v) is 9.33. The fraction of sp³-hybridized carbons (Fsp3) is 0.857. The van der Waals surface area contributed by atoms with Gasteiger partial charge in [0.15, 0.2) is 0 Å². The number of halogens is 1. The third-order valence-corrected chi connectivity index (χ3v) is 3.13. The highest BCUT2D eigenvalue weighted by Gasteiger charge is 2.31.